The van der Waals surface area contributed by atoms with Crippen molar-refractivity contribution in [2.45, 2.75) is 18.4 Å². The van der Waals surface area contributed by atoms with Crippen LogP contribution in [0.1, 0.15) is 17.3 Å². The van der Waals surface area contributed by atoms with Crippen molar-refractivity contribution in [3.05, 3.63) is 52.2 Å². The lowest BCUT2D eigenvalue weighted by Gasteiger charge is -2.33. The van der Waals surface area contributed by atoms with Gasteiger partial charge in [0.1, 0.15) is 6.54 Å². The summed E-state index contributed by atoms with van der Waals surface area (Å²) in [6.45, 7) is 1.90. The van der Waals surface area contributed by atoms with Gasteiger partial charge in [-0.15, -0.1) is 0 Å². The number of hydrogen-bond acceptors (Lipinski definition) is 7. The van der Waals surface area contributed by atoms with Crippen molar-refractivity contribution < 1.29 is 22.9 Å². The van der Waals surface area contributed by atoms with Gasteiger partial charge in [0.2, 0.25) is 15.9 Å². The lowest BCUT2D eigenvalue weighted by Crippen LogP contribution is -2.51. The number of sulfonamides is 1. The third-order valence-corrected chi connectivity index (χ3v) is 6.51. The fourth-order valence-corrected chi connectivity index (χ4v) is 4.39. The molecule has 0 bridgehead atoms. The van der Waals surface area contributed by atoms with E-state index in [4.69, 9.17) is 0 Å². The summed E-state index contributed by atoms with van der Waals surface area (Å²) in [5, 5.41) is 14.4. The lowest BCUT2D eigenvalue weighted by molar-refractivity contribution is -0.389. The second-order valence-corrected chi connectivity index (χ2v) is 8.43. The third kappa shape index (κ3) is 4.49. The molecule has 1 aromatic heterocycles. The summed E-state index contributed by atoms with van der Waals surface area (Å²) in [5.74, 6) is -0.793. The van der Waals surface area contributed by atoms with Gasteiger partial charge in [0.05, 0.1) is 22.3 Å². The van der Waals surface area contributed by atoms with Crippen LogP contribution >= 0.6 is 0 Å². The van der Waals surface area contributed by atoms with Gasteiger partial charge in [-0.25, -0.2) is 8.42 Å². The normalized spacial score (nSPS) is 15.3. The van der Waals surface area contributed by atoms with Crippen LogP contribution in [-0.4, -0.2) is 70.2 Å². The SMILES string of the molecule is CC(=O)c1ccc(S(=O)(=O)N2CCN(C(=O)Cn3ccc([N+](=O)[O-])n3)CC2)cc1. The smallest absolute Gasteiger partial charge is 0.358 e. The zero-order chi connectivity index (χ0) is 21.2. The van der Waals surface area contributed by atoms with Crippen LogP contribution in [0.25, 0.3) is 0 Å². The van der Waals surface area contributed by atoms with Crippen molar-refractivity contribution in [1.29, 1.82) is 0 Å². The number of Topliss-reactive ketones (excluding diaryl/α,β-unsaturated/α-hetero) is 1. The fourth-order valence-electron chi connectivity index (χ4n) is 2.96. The van der Waals surface area contributed by atoms with Gasteiger partial charge in [-0.2, -0.15) is 8.99 Å². The van der Waals surface area contributed by atoms with Crippen LogP contribution in [0.2, 0.25) is 0 Å². The molecule has 1 saturated heterocycles. The molecule has 29 heavy (non-hydrogen) atoms. The molecule has 0 atom stereocenters. The number of piperazine rings is 1. The second-order valence-electron chi connectivity index (χ2n) is 6.49. The van der Waals surface area contributed by atoms with Crippen LogP contribution in [-0.2, 0) is 21.4 Å². The molecule has 1 fully saturated rings. The largest absolute Gasteiger partial charge is 0.389 e. The minimum Gasteiger partial charge on any atom is -0.358 e. The van der Waals surface area contributed by atoms with Crippen LogP contribution in [0.15, 0.2) is 41.4 Å². The molecule has 1 aliphatic heterocycles. The lowest BCUT2D eigenvalue weighted by atomic mass is 10.2. The molecule has 12 heteroatoms. The van der Waals surface area contributed by atoms with Gasteiger partial charge in [0.25, 0.3) is 0 Å². The van der Waals surface area contributed by atoms with Gasteiger partial charge in [0, 0.05) is 31.7 Å². The van der Waals surface area contributed by atoms with Crippen molar-refractivity contribution in [3.8, 4) is 0 Å². The van der Waals surface area contributed by atoms with Gasteiger partial charge in [-0.05, 0) is 24.0 Å². The summed E-state index contributed by atoms with van der Waals surface area (Å²) in [6, 6.07) is 6.94. The summed E-state index contributed by atoms with van der Waals surface area (Å²) < 4.78 is 28.0. The molecule has 154 valence electrons. The number of ketones is 1. The van der Waals surface area contributed by atoms with Crippen molar-refractivity contribution in [1.82, 2.24) is 19.0 Å². The summed E-state index contributed by atoms with van der Waals surface area (Å²) >= 11 is 0. The quantitative estimate of drug-likeness (QED) is 0.377. The Morgan fingerprint density at radius 3 is 2.24 bits per heavy atom. The van der Waals surface area contributed by atoms with E-state index in [0.717, 1.165) is 0 Å². The summed E-state index contributed by atoms with van der Waals surface area (Å²) in [5.41, 5.74) is 0.429. The van der Waals surface area contributed by atoms with Gasteiger partial charge in [-0.3, -0.25) is 9.59 Å². The Kier molecular flexibility index (Phi) is 5.75. The van der Waals surface area contributed by atoms with Gasteiger partial charge >= 0.3 is 5.82 Å². The third-order valence-electron chi connectivity index (χ3n) is 4.60. The van der Waals surface area contributed by atoms with E-state index in [1.165, 1.54) is 57.3 Å². The first-order chi connectivity index (χ1) is 13.7. The predicted molar refractivity (Wildman–Crippen MR) is 101 cm³/mol. The maximum atomic E-state index is 12.8. The Hall–Kier alpha value is -3.12. The molecule has 0 radical (unpaired) electrons. The standard InChI is InChI=1S/C17H19N5O6S/c1-13(23)14-2-4-15(5-3-14)29(27,28)21-10-8-19(9-11-21)17(24)12-20-7-6-16(18-20)22(25)26/h2-7H,8-12H2,1H3. The Labute approximate surface area is 166 Å². The Balaban J connectivity index is 1.60. The number of rotatable bonds is 6. The number of carbonyl (C=O) groups is 2. The van der Waals surface area contributed by atoms with Crippen LogP contribution in [0, 0.1) is 10.1 Å². The van der Waals surface area contributed by atoms with Crippen molar-refractivity contribution in [3.63, 3.8) is 0 Å². The molecule has 0 spiro atoms. The monoisotopic (exact) mass is 421 g/mol. The van der Waals surface area contributed by atoms with E-state index in [9.17, 15) is 28.1 Å². The predicted octanol–water partition coefficient (Wildman–Crippen LogP) is 0.527. The van der Waals surface area contributed by atoms with Gasteiger partial charge in [0.15, 0.2) is 5.78 Å². The minimum atomic E-state index is -3.73. The van der Waals surface area contributed by atoms with Crippen molar-refractivity contribution >= 4 is 27.5 Å². The van der Waals surface area contributed by atoms with Crippen LogP contribution in [0.3, 0.4) is 0 Å². The average molecular weight is 421 g/mol. The van der Waals surface area contributed by atoms with E-state index < -0.39 is 14.9 Å². The first-order valence-corrected chi connectivity index (χ1v) is 10.2. The van der Waals surface area contributed by atoms with E-state index in [1.54, 1.807) is 0 Å². The summed E-state index contributed by atoms with van der Waals surface area (Å²) in [7, 11) is -3.73. The maximum Gasteiger partial charge on any atom is 0.389 e. The first-order valence-electron chi connectivity index (χ1n) is 8.75. The summed E-state index contributed by atoms with van der Waals surface area (Å²) in [6.07, 6.45) is 1.35. The molecule has 2 heterocycles. The fraction of sp³-hybridized carbons (Fsp3) is 0.353. The van der Waals surface area contributed by atoms with E-state index in [0.29, 0.717) is 5.56 Å². The molecule has 11 nitrogen and oxygen atoms in total. The molecule has 0 aliphatic carbocycles. The molecule has 0 saturated carbocycles. The second kappa shape index (κ2) is 8.09. The minimum absolute atomic E-state index is 0.0890. The zero-order valence-electron chi connectivity index (χ0n) is 15.6. The van der Waals surface area contributed by atoms with Gasteiger partial charge in [-0.1, -0.05) is 12.1 Å². The van der Waals surface area contributed by atoms with Crippen LogP contribution in [0.5, 0.6) is 0 Å². The average Bonchev–Trinajstić information content (AvgIpc) is 3.17. The highest BCUT2D eigenvalue weighted by molar-refractivity contribution is 7.89. The Bertz CT molecular complexity index is 1040. The maximum absolute atomic E-state index is 12.8. The molecule has 3 rings (SSSR count). The molecular weight excluding hydrogens is 402 g/mol. The Morgan fingerprint density at radius 1 is 1.10 bits per heavy atom. The topological polar surface area (TPSA) is 136 Å². The van der Waals surface area contributed by atoms with Crippen molar-refractivity contribution in [2.24, 2.45) is 0 Å². The number of nitro groups is 1. The van der Waals surface area contributed by atoms with Crippen LogP contribution < -0.4 is 0 Å². The molecule has 1 amide bonds. The van der Waals surface area contributed by atoms with E-state index in [1.807, 2.05) is 0 Å². The van der Waals surface area contributed by atoms with E-state index in [-0.39, 0.29) is 55.1 Å². The first kappa shape index (κ1) is 20.6. The molecule has 2 aromatic rings. The molecule has 1 aliphatic rings. The molecular formula is C17H19N5O6S. The highest BCUT2D eigenvalue weighted by Crippen LogP contribution is 2.19. The number of benzene rings is 1. The number of amides is 1. The van der Waals surface area contributed by atoms with Gasteiger partial charge < -0.3 is 15.0 Å². The van der Waals surface area contributed by atoms with E-state index >= 15 is 0 Å². The molecule has 0 unspecified atom stereocenters. The van der Waals surface area contributed by atoms with Crippen molar-refractivity contribution in [2.75, 3.05) is 26.2 Å². The number of carbonyl (C=O) groups excluding carboxylic acids is 2. The Morgan fingerprint density at radius 2 is 1.72 bits per heavy atom. The highest BCUT2D eigenvalue weighted by atomic mass is 32.2. The van der Waals surface area contributed by atoms with E-state index in [2.05, 4.69) is 5.10 Å². The number of nitrogens with zero attached hydrogens (tertiary/aromatic N) is 5. The molecule has 0 N–H and O–H groups in total. The van der Waals surface area contributed by atoms with Crippen LogP contribution in [0.4, 0.5) is 5.82 Å². The zero-order valence-corrected chi connectivity index (χ0v) is 16.4. The highest BCUT2D eigenvalue weighted by Gasteiger charge is 2.30. The number of hydrogen-bond donors (Lipinski definition) is 0. The molecule has 1 aromatic carbocycles. The number of aromatic nitrogens is 2. The summed E-state index contributed by atoms with van der Waals surface area (Å²) in [4.78, 5) is 35.3.